The molecule has 0 radical (unpaired) electrons. The van der Waals surface area contributed by atoms with E-state index in [9.17, 15) is 9.59 Å². The van der Waals surface area contributed by atoms with Gasteiger partial charge in [-0.2, -0.15) is 0 Å². The van der Waals surface area contributed by atoms with Gasteiger partial charge in [-0.15, -0.1) is 0 Å². The fraction of sp³-hybridized carbons (Fsp3) is 0.222. The van der Waals surface area contributed by atoms with E-state index in [1.165, 1.54) is 0 Å². The van der Waals surface area contributed by atoms with Gasteiger partial charge in [0.2, 0.25) is 0 Å². The summed E-state index contributed by atoms with van der Waals surface area (Å²) in [6.07, 6.45) is 3.67. The van der Waals surface area contributed by atoms with Crippen molar-refractivity contribution in [2.45, 2.75) is 13.1 Å². The average Bonchev–Trinajstić information content (AvgIpc) is 3.23. The number of hydrogen-bond acceptors (Lipinski definition) is 3. The Bertz CT molecular complexity index is 986. The van der Waals surface area contributed by atoms with Crippen LogP contribution in [0, 0.1) is 0 Å². The number of fused-ring (bicyclic) bond motifs is 2. The van der Waals surface area contributed by atoms with E-state index in [4.69, 9.17) is 5.21 Å². The Hall–Kier alpha value is -3.06. The molecule has 25 heavy (non-hydrogen) atoms. The highest BCUT2D eigenvalue weighted by Crippen LogP contribution is 2.21. The van der Waals surface area contributed by atoms with Crippen molar-refractivity contribution in [3.05, 3.63) is 59.5 Å². The van der Waals surface area contributed by atoms with E-state index in [1.54, 1.807) is 22.6 Å². The van der Waals surface area contributed by atoms with E-state index in [0.717, 1.165) is 16.6 Å². The Kier molecular flexibility index (Phi) is 3.58. The zero-order chi connectivity index (χ0) is 17.6. The van der Waals surface area contributed by atoms with Crippen LogP contribution < -0.4 is 5.48 Å². The van der Waals surface area contributed by atoms with Gasteiger partial charge >= 0.3 is 0 Å². The van der Waals surface area contributed by atoms with Gasteiger partial charge in [-0.3, -0.25) is 14.8 Å². The van der Waals surface area contributed by atoms with Crippen molar-refractivity contribution in [2.24, 2.45) is 7.05 Å². The lowest BCUT2D eigenvalue weighted by Crippen LogP contribution is -2.37. The molecule has 3 aromatic rings. The summed E-state index contributed by atoms with van der Waals surface area (Å²) in [6.45, 7) is 1.63. The van der Waals surface area contributed by atoms with Crippen LogP contribution in [0.15, 0.2) is 42.7 Å². The third-order valence-electron chi connectivity index (χ3n) is 4.73. The molecule has 0 saturated heterocycles. The van der Waals surface area contributed by atoms with Gasteiger partial charge in [0.05, 0.1) is 12.1 Å². The minimum atomic E-state index is -0.547. The van der Waals surface area contributed by atoms with Gasteiger partial charge in [-0.25, -0.2) is 5.48 Å². The first kappa shape index (κ1) is 15.5. The second-order valence-corrected chi connectivity index (χ2v) is 6.28. The van der Waals surface area contributed by atoms with Gasteiger partial charge in [-0.1, -0.05) is 0 Å². The van der Waals surface area contributed by atoms with Crippen LogP contribution in [0.2, 0.25) is 0 Å². The smallest absolute Gasteiger partial charge is 0.276 e. The molecule has 2 amide bonds. The number of nitrogens with zero attached hydrogens (tertiary/aromatic N) is 3. The number of amides is 2. The van der Waals surface area contributed by atoms with Crippen molar-refractivity contribution in [2.75, 3.05) is 6.54 Å². The van der Waals surface area contributed by atoms with E-state index >= 15 is 0 Å². The van der Waals surface area contributed by atoms with Crippen LogP contribution in [0.4, 0.5) is 0 Å². The van der Waals surface area contributed by atoms with Crippen molar-refractivity contribution in [3.63, 3.8) is 0 Å². The summed E-state index contributed by atoms with van der Waals surface area (Å²) >= 11 is 0. The Balaban J connectivity index is 1.58. The molecule has 3 heterocycles. The molecule has 0 atom stereocenters. The molecule has 1 aromatic carbocycles. The molecule has 128 valence electrons. The predicted octanol–water partition coefficient (Wildman–Crippen LogP) is 1.75. The summed E-state index contributed by atoms with van der Waals surface area (Å²) in [4.78, 5) is 26.2. The van der Waals surface area contributed by atoms with Gasteiger partial charge in [-0.05, 0) is 30.3 Å². The summed E-state index contributed by atoms with van der Waals surface area (Å²) < 4.78 is 3.96. The van der Waals surface area contributed by atoms with Crippen LogP contribution in [0.25, 0.3) is 10.9 Å². The fourth-order valence-electron chi connectivity index (χ4n) is 3.36. The molecule has 2 N–H and O–H groups in total. The lowest BCUT2D eigenvalue weighted by Gasteiger charge is -2.28. The Morgan fingerprint density at radius 2 is 1.96 bits per heavy atom. The summed E-state index contributed by atoms with van der Waals surface area (Å²) in [7, 11) is 1.97. The molecule has 0 bridgehead atoms. The number of hydroxylamine groups is 1. The number of benzene rings is 1. The largest absolute Gasteiger partial charge is 0.351 e. The quantitative estimate of drug-likeness (QED) is 0.552. The number of carbonyl (C=O) groups is 2. The van der Waals surface area contributed by atoms with Gasteiger partial charge in [0, 0.05) is 54.7 Å². The maximum atomic E-state index is 12.8. The maximum Gasteiger partial charge on any atom is 0.276 e. The number of aromatic nitrogens is 2. The second kappa shape index (κ2) is 5.78. The van der Waals surface area contributed by atoms with Crippen LogP contribution in [0.5, 0.6) is 0 Å². The molecule has 0 spiro atoms. The predicted molar refractivity (Wildman–Crippen MR) is 91.3 cm³/mol. The minimum Gasteiger partial charge on any atom is -0.351 e. The average molecular weight is 338 g/mol. The third-order valence-corrected chi connectivity index (χ3v) is 4.73. The number of hydrogen-bond donors (Lipinski definition) is 2. The number of carbonyl (C=O) groups excluding carboxylic acids is 2. The molecule has 7 heteroatoms. The van der Waals surface area contributed by atoms with Crippen LogP contribution in [-0.2, 0) is 20.1 Å². The van der Waals surface area contributed by atoms with Crippen molar-refractivity contribution in [1.29, 1.82) is 0 Å². The highest BCUT2D eigenvalue weighted by atomic mass is 16.5. The first-order chi connectivity index (χ1) is 12.1. The molecule has 1 aliphatic heterocycles. The molecular formula is C18H18N4O3. The lowest BCUT2D eigenvalue weighted by molar-refractivity contribution is 0.0702. The summed E-state index contributed by atoms with van der Waals surface area (Å²) in [5.41, 5.74) is 4.64. The monoisotopic (exact) mass is 338 g/mol. The van der Waals surface area contributed by atoms with E-state index in [1.807, 2.05) is 46.6 Å². The summed E-state index contributed by atoms with van der Waals surface area (Å²) in [5, 5.41) is 9.79. The molecule has 0 unspecified atom stereocenters. The maximum absolute atomic E-state index is 12.8. The topological polar surface area (TPSA) is 79.5 Å². The molecule has 1 aliphatic rings. The second-order valence-electron chi connectivity index (χ2n) is 6.28. The fourth-order valence-corrected chi connectivity index (χ4v) is 3.36. The van der Waals surface area contributed by atoms with Crippen molar-refractivity contribution < 1.29 is 14.8 Å². The van der Waals surface area contributed by atoms with Crippen molar-refractivity contribution >= 4 is 22.7 Å². The normalized spacial score (nSPS) is 13.8. The van der Waals surface area contributed by atoms with Crippen molar-refractivity contribution in [3.8, 4) is 0 Å². The standard InChI is InChI=1S/C18H18N4O3/c1-20-5-4-12-8-13(2-3-16(12)20)18(24)22-7-6-21-10-14(17(23)19-25)9-15(21)11-22/h2-5,8-10,25H,6-7,11H2,1H3,(H,19,23). The number of rotatable bonds is 2. The zero-order valence-corrected chi connectivity index (χ0v) is 13.8. The van der Waals surface area contributed by atoms with Gasteiger partial charge in [0.1, 0.15) is 0 Å². The van der Waals surface area contributed by atoms with Crippen LogP contribution in [0.1, 0.15) is 26.4 Å². The van der Waals surface area contributed by atoms with Crippen LogP contribution in [0.3, 0.4) is 0 Å². The van der Waals surface area contributed by atoms with Crippen LogP contribution >= 0.6 is 0 Å². The highest BCUT2D eigenvalue weighted by Gasteiger charge is 2.23. The van der Waals surface area contributed by atoms with E-state index in [-0.39, 0.29) is 5.91 Å². The first-order valence-corrected chi connectivity index (χ1v) is 8.04. The molecule has 4 rings (SSSR count). The van der Waals surface area contributed by atoms with E-state index in [2.05, 4.69) is 0 Å². The Labute approximate surface area is 144 Å². The summed E-state index contributed by atoms with van der Waals surface area (Å²) in [5.74, 6) is -0.569. The zero-order valence-electron chi connectivity index (χ0n) is 13.8. The van der Waals surface area contributed by atoms with Gasteiger partial charge in [0.15, 0.2) is 0 Å². The Morgan fingerprint density at radius 1 is 1.12 bits per heavy atom. The Morgan fingerprint density at radius 3 is 2.76 bits per heavy atom. The molecule has 0 aliphatic carbocycles. The third kappa shape index (κ3) is 2.58. The van der Waals surface area contributed by atoms with Crippen molar-refractivity contribution in [1.82, 2.24) is 19.5 Å². The van der Waals surface area contributed by atoms with E-state index < -0.39 is 5.91 Å². The highest BCUT2D eigenvalue weighted by molar-refractivity contribution is 5.98. The number of nitrogens with one attached hydrogen (secondary N) is 1. The van der Waals surface area contributed by atoms with Gasteiger partial charge in [0.25, 0.3) is 11.8 Å². The minimum absolute atomic E-state index is 0.0219. The summed E-state index contributed by atoms with van der Waals surface area (Å²) in [6, 6.07) is 9.41. The van der Waals surface area contributed by atoms with Gasteiger partial charge < -0.3 is 14.0 Å². The van der Waals surface area contributed by atoms with Crippen LogP contribution in [-0.4, -0.2) is 37.6 Å². The molecule has 7 nitrogen and oxygen atoms in total. The first-order valence-electron chi connectivity index (χ1n) is 8.04. The van der Waals surface area contributed by atoms with E-state index in [0.29, 0.717) is 30.8 Å². The number of aryl methyl sites for hydroxylation is 1. The SMILES string of the molecule is Cn1ccc2cc(C(=O)N3CCn4cc(C(=O)NO)cc4C3)ccc21. The molecule has 2 aromatic heterocycles. The molecule has 0 fully saturated rings. The molecule has 0 saturated carbocycles. The lowest BCUT2D eigenvalue weighted by atomic mass is 10.1. The molecular weight excluding hydrogens is 320 g/mol.